The van der Waals surface area contributed by atoms with Crippen LogP contribution < -0.4 is 10.6 Å². The van der Waals surface area contributed by atoms with Crippen LogP contribution in [0, 0.1) is 11.8 Å². The van der Waals surface area contributed by atoms with Crippen molar-refractivity contribution in [3.05, 3.63) is 24.2 Å². The second kappa shape index (κ2) is 10.3. The Morgan fingerprint density at radius 1 is 1.40 bits per heavy atom. The summed E-state index contributed by atoms with van der Waals surface area (Å²) in [5.41, 5.74) is 0. The molecule has 0 aliphatic carbocycles. The van der Waals surface area contributed by atoms with Gasteiger partial charge in [0, 0.05) is 20.1 Å². The summed E-state index contributed by atoms with van der Waals surface area (Å²) in [5.74, 6) is 0.912. The Hall–Kier alpha value is -1.78. The zero-order valence-electron chi connectivity index (χ0n) is 14.7. The molecular weight excluding hydrogens is 439 g/mol. The number of carbonyl (C=O) groups is 2. The third-order valence-electron chi connectivity index (χ3n) is 4.07. The monoisotopic (exact) mass is 464 g/mol. The van der Waals surface area contributed by atoms with Crippen molar-refractivity contribution in [2.45, 2.75) is 13.5 Å². The third kappa shape index (κ3) is 5.91. The summed E-state index contributed by atoms with van der Waals surface area (Å²) in [6.07, 6.45) is 1.56. The molecule has 25 heavy (non-hydrogen) atoms. The van der Waals surface area contributed by atoms with Crippen molar-refractivity contribution in [1.29, 1.82) is 0 Å². The zero-order chi connectivity index (χ0) is 17.5. The van der Waals surface area contributed by atoms with E-state index in [0.29, 0.717) is 31.4 Å². The maximum absolute atomic E-state index is 11.9. The van der Waals surface area contributed by atoms with Crippen molar-refractivity contribution in [3.63, 3.8) is 0 Å². The quantitative estimate of drug-likeness (QED) is 0.290. The molecule has 1 aromatic heterocycles. The first-order valence-electron chi connectivity index (χ1n) is 7.87. The summed E-state index contributed by atoms with van der Waals surface area (Å²) < 4.78 is 9.99. The number of nitrogens with zero attached hydrogens (tertiary/aromatic N) is 2. The van der Waals surface area contributed by atoms with Gasteiger partial charge in [-0.2, -0.15) is 0 Å². The van der Waals surface area contributed by atoms with Gasteiger partial charge >= 0.3 is 5.97 Å². The smallest absolute Gasteiger partial charge is 0.310 e. The number of likely N-dealkylation sites (tertiary alicyclic amines) is 1. The molecule has 1 saturated heterocycles. The van der Waals surface area contributed by atoms with Crippen LogP contribution in [0.25, 0.3) is 0 Å². The average Bonchev–Trinajstić information content (AvgIpc) is 3.22. The van der Waals surface area contributed by atoms with Gasteiger partial charge in [0.1, 0.15) is 5.76 Å². The van der Waals surface area contributed by atoms with Crippen LogP contribution in [-0.4, -0.2) is 56.5 Å². The highest BCUT2D eigenvalue weighted by molar-refractivity contribution is 14.0. The molecular formula is C16H25IN4O4. The van der Waals surface area contributed by atoms with E-state index in [0.717, 1.165) is 0 Å². The van der Waals surface area contributed by atoms with Crippen LogP contribution >= 0.6 is 24.0 Å². The van der Waals surface area contributed by atoms with Gasteiger partial charge in [-0.15, -0.1) is 24.0 Å². The molecule has 9 heteroatoms. The minimum Gasteiger partial charge on any atom is -0.469 e. The van der Waals surface area contributed by atoms with Crippen LogP contribution in [0.2, 0.25) is 0 Å². The van der Waals surface area contributed by atoms with E-state index in [2.05, 4.69) is 15.6 Å². The average molecular weight is 464 g/mol. The molecule has 2 N–H and O–H groups in total. The predicted octanol–water partition coefficient (Wildman–Crippen LogP) is 0.830. The highest BCUT2D eigenvalue weighted by Gasteiger charge is 2.36. The Bertz CT molecular complexity index is 591. The van der Waals surface area contributed by atoms with E-state index in [1.165, 1.54) is 7.11 Å². The Labute approximate surface area is 164 Å². The van der Waals surface area contributed by atoms with E-state index in [-0.39, 0.29) is 54.2 Å². The number of ether oxygens (including phenoxy) is 1. The highest BCUT2D eigenvalue weighted by Crippen LogP contribution is 2.23. The number of methoxy groups -OCH3 is 1. The second-order valence-corrected chi connectivity index (χ2v) is 5.77. The SMILES string of the molecule is CN=C(NCC(=O)NCc1ccco1)N1CC(C)C(C(=O)OC)C1.I. The van der Waals surface area contributed by atoms with Crippen LogP contribution in [0.15, 0.2) is 27.8 Å². The molecule has 1 aromatic rings. The summed E-state index contributed by atoms with van der Waals surface area (Å²) in [6.45, 7) is 3.67. The second-order valence-electron chi connectivity index (χ2n) is 5.77. The van der Waals surface area contributed by atoms with Crippen LogP contribution in [0.1, 0.15) is 12.7 Å². The van der Waals surface area contributed by atoms with Crippen molar-refractivity contribution in [3.8, 4) is 0 Å². The molecule has 0 bridgehead atoms. The first-order chi connectivity index (χ1) is 11.5. The van der Waals surface area contributed by atoms with E-state index >= 15 is 0 Å². The number of amides is 1. The number of hydrogen-bond acceptors (Lipinski definition) is 5. The fourth-order valence-corrected chi connectivity index (χ4v) is 2.75. The van der Waals surface area contributed by atoms with Crippen LogP contribution in [-0.2, 0) is 20.9 Å². The zero-order valence-corrected chi connectivity index (χ0v) is 17.0. The molecule has 1 fully saturated rings. The van der Waals surface area contributed by atoms with Gasteiger partial charge in [-0.05, 0) is 18.1 Å². The molecule has 0 spiro atoms. The molecule has 2 rings (SSSR count). The van der Waals surface area contributed by atoms with Gasteiger partial charge < -0.3 is 24.7 Å². The van der Waals surface area contributed by atoms with E-state index in [4.69, 9.17) is 9.15 Å². The predicted molar refractivity (Wildman–Crippen MR) is 104 cm³/mol. The summed E-state index contributed by atoms with van der Waals surface area (Å²) in [5, 5.41) is 5.78. The number of aliphatic imine (C=N–C) groups is 1. The van der Waals surface area contributed by atoms with Crippen molar-refractivity contribution >= 4 is 41.8 Å². The lowest BCUT2D eigenvalue weighted by molar-refractivity contribution is -0.146. The number of carbonyl (C=O) groups excluding carboxylic acids is 2. The molecule has 1 aliphatic heterocycles. The maximum atomic E-state index is 11.9. The van der Waals surface area contributed by atoms with Crippen molar-refractivity contribution in [2.24, 2.45) is 16.8 Å². The number of esters is 1. The van der Waals surface area contributed by atoms with Gasteiger partial charge in [0.25, 0.3) is 0 Å². The number of furan rings is 1. The molecule has 2 unspecified atom stereocenters. The summed E-state index contributed by atoms with van der Waals surface area (Å²) in [4.78, 5) is 29.8. The lowest BCUT2D eigenvalue weighted by atomic mass is 9.99. The number of halogens is 1. The Morgan fingerprint density at radius 2 is 2.16 bits per heavy atom. The lowest BCUT2D eigenvalue weighted by Crippen LogP contribution is -2.44. The molecule has 8 nitrogen and oxygen atoms in total. The molecule has 0 radical (unpaired) electrons. The first-order valence-corrected chi connectivity index (χ1v) is 7.87. The van der Waals surface area contributed by atoms with E-state index in [9.17, 15) is 9.59 Å². The normalized spacial score (nSPS) is 20.0. The maximum Gasteiger partial charge on any atom is 0.310 e. The van der Waals surface area contributed by atoms with Gasteiger partial charge in [0.15, 0.2) is 5.96 Å². The fourth-order valence-electron chi connectivity index (χ4n) is 2.75. The van der Waals surface area contributed by atoms with Crippen molar-refractivity contribution in [1.82, 2.24) is 15.5 Å². The van der Waals surface area contributed by atoms with Crippen LogP contribution in [0.4, 0.5) is 0 Å². The number of guanidine groups is 1. The largest absolute Gasteiger partial charge is 0.469 e. The number of nitrogens with one attached hydrogen (secondary N) is 2. The van der Waals surface area contributed by atoms with Gasteiger partial charge in [-0.1, -0.05) is 6.92 Å². The van der Waals surface area contributed by atoms with Crippen molar-refractivity contribution < 1.29 is 18.7 Å². The van der Waals surface area contributed by atoms with Gasteiger partial charge in [0.05, 0.1) is 32.4 Å². The van der Waals surface area contributed by atoms with Gasteiger partial charge in [0.2, 0.25) is 5.91 Å². The molecule has 1 amide bonds. The van der Waals surface area contributed by atoms with Crippen LogP contribution in [0.5, 0.6) is 0 Å². The fraction of sp³-hybridized carbons (Fsp3) is 0.562. The van der Waals surface area contributed by atoms with Gasteiger partial charge in [-0.25, -0.2) is 0 Å². The molecule has 0 saturated carbocycles. The van der Waals surface area contributed by atoms with E-state index in [1.807, 2.05) is 11.8 Å². The summed E-state index contributed by atoms with van der Waals surface area (Å²) >= 11 is 0. The topological polar surface area (TPSA) is 96.2 Å². The molecule has 2 atom stereocenters. The lowest BCUT2D eigenvalue weighted by Gasteiger charge is -2.21. The Kier molecular flexibility index (Phi) is 8.73. The standard InChI is InChI=1S/C16H24N4O4.HI/c1-11-9-20(10-13(11)15(22)23-3)16(17-2)19-8-14(21)18-7-12-5-4-6-24-12;/h4-6,11,13H,7-10H2,1-3H3,(H,17,19)(H,18,21);1H. The summed E-state index contributed by atoms with van der Waals surface area (Å²) in [7, 11) is 3.05. The minimum absolute atomic E-state index is 0. The molecule has 2 heterocycles. The Morgan fingerprint density at radius 3 is 2.76 bits per heavy atom. The minimum atomic E-state index is -0.211. The molecule has 1 aliphatic rings. The van der Waals surface area contributed by atoms with E-state index in [1.54, 1.807) is 25.4 Å². The van der Waals surface area contributed by atoms with Crippen molar-refractivity contribution in [2.75, 3.05) is 33.8 Å². The van der Waals surface area contributed by atoms with E-state index < -0.39 is 0 Å². The van der Waals surface area contributed by atoms with Crippen LogP contribution in [0.3, 0.4) is 0 Å². The first kappa shape index (κ1) is 21.3. The molecule has 140 valence electrons. The number of rotatable bonds is 5. The summed E-state index contributed by atoms with van der Waals surface area (Å²) in [6, 6.07) is 3.57. The highest BCUT2D eigenvalue weighted by atomic mass is 127. The third-order valence-corrected chi connectivity index (χ3v) is 4.07. The molecule has 0 aromatic carbocycles. The Balaban J connectivity index is 0.00000312. The van der Waals surface area contributed by atoms with Gasteiger partial charge in [-0.3, -0.25) is 14.6 Å². The number of hydrogen-bond donors (Lipinski definition) is 2.